The molecule has 0 aliphatic heterocycles. The van der Waals surface area contributed by atoms with Crippen LogP contribution >= 0.6 is 0 Å². The first-order valence-corrected chi connectivity index (χ1v) is 11.0. The minimum absolute atomic E-state index is 0.0988. The Kier molecular flexibility index (Phi) is 8.66. The molecule has 2 aromatic rings. The summed E-state index contributed by atoms with van der Waals surface area (Å²) in [6, 6.07) is 15.4. The van der Waals surface area contributed by atoms with Crippen LogP contribution in [0.5, 0.6) is 5.75 Å². The van der Waals surface area contributed by atoms with Gasteiger partial charge < -0.3 is 15.0 Å². The van der Waals surface area contributed by atoms with E-state index in [1.807, 2.05) is 90.1 Å². The van der Waals surface area contributed by atoms with E-state index in [0.29, 0.717) is 25.1 Å². The molecule has 0 heterocycles. The summed E-state index contributed by atoms with van der Waals surface area (Å²) >= 11 is 0. The number of amides is 2. The normalized spacial score (nSPS) is 12.2. The van der Waals surface area contributed by atoms with E-state index < -0.39 is 6.04 Å². The summed E-state index contributed by atoms with van der Waals surface area (Å²) in [4.78, 5) is 27.9. The molecule has 0 aromatic heterocycles. The van der Waals surface area contributed by atoms with Gasteiger partial charge in [-0.15, -0.1) is 0 Å². The number of rotatable bonds is 9. The molecular formula is C26H36N2O3. The molecule has 0 bridgehead atoms. The van der Waals surface area contributed by atoms with Gasteiger partial charge in [-0.3, -0.25) is 9.59 Å². The van der Waals surface area contributed by atoms with Gasteiger partial charge in [0.2, 0.25) is 5.91 Å². The van der Waals surface area contributed by atoms with Crippen molar-refractivity contribution in [3.8, 4) is 5.75 Å². The predicted octanol–water partition coefficient (Wildman–Crippen LogP) is 4.45. The molecule has 0 spiro atoms. The molecule has 2 rings (SSSR count). The van der Waals surface area contributed by atoms with Crippen LogP contribution in [0.25, 0.3) is 0 Å². The first-order valence-electron chi connectivity index (χ1n) is 11.0. The van der Waals surface area contributed by atoms with Gasteiger partial charge in [0.15, 0.2) is 6.61 Å². The van der Waals surface area contributed by atoms with Crippen molar-refractivity contribution in [2.24, 2.45) is 0 Å². The third-order valence-corrected chi connectivity index (χ3v) is 5.06. The van der Waals surface area contributed by atoms with Gasteiger partial charge in [0, 0.05) is 12.1 Å². The van der Waals surface area contributed by atoms with Crippen LogP contribution in [0.1, 0.15) is 50.8 Å². The highest BCUT2D eigenvalue weighted by Gasteiger charge is 2.30. The average molecular weight is 425 g/mol. The Morgan fingerprint density at radius 1 is 1.06 bits per heavy atom. The van der Waals surface area contributed by atoms with Gasteiger partial charge >= 0.3 is 0 Å². The maximum absolute atomic E-state index is 13.2. The lowest BCUT2D eigenvalue weighted by Gasteiger charge is -2.33. The number of hydrogen-bond donors (Lipinski definition) is 1. The summed E-state index contributed by atoms with van der Waals surface area (Å²) in [6.45, 7) is 12.1. The Hall–Kier alpha value is -2.82. The summed E-state index contributed by atoms with van der Waals surface area (Å²) in [5.41, 5.74) is 2.81. The number of hydrogen-bond acceptors (Lipinski definition) is 3. The molecule has 1 N–H and O–H groups in total. The first-order chi connectivity index (χ1) is 14.6. The fraction of sp³-hybridized carbons (Fsp3) is 0.462. The number of benzene rings is 2. The molecular weight excluding hydrogens is 388 g/mol. The minimum Gasteiger partial charge on any atom is -0.483 e. The number of carbonyl (C=O) groups excluding carboxylic acids is 2. The Balaban J connectivity index is 2.18. The summed E-state index contributed by atoms with van der Waals surface area (Å²) in [6.07, 6.45) is 1.21. The molecule has 0 fully saturated rings. The summed E-state index contributed by atoms with van der Waals surface area (Å²) in [7, 11) is 0. The quantitative estimate of drug-likeness (QED) is 0.647. The second-order valence-corrected chi connectivity index (χ2v) is 9.04. The van der Waals surface area contributed by atoms with Crippen molar-refractivity contribution in [1.29, 1.82) is 0 Å². The number of ether oxygens (including phenoxy) is 1. The molecule has 0 saturated carbocycles. The lowest BCUT2D eigenvalue weighted by atomic mass is 10.1. The molecule has 0 aliphatic carbocycles. The van der Waals surface area contributed by atoms with Crippen LogP contribution in [0.2, 0.25) is 0 Å². The molecule has 1 atom stereocenters. The topological polar surface area (TPSA) is 58.6 Å². The molecule has 168 valence electrons. The zero-order valence-electron chi connectivity index (χ0n) is 19.7. The van der Waals surface area contributed by atoms with E-state index >= 15 is 0 Å². The molecule has 0 aliphatic rings. The molecule has 5 nitrogen and oxygen atoms in total. The van der Waals surface area contributed by atoms with Gasteiger partial charge in [0.05, 0.1) is 0 Å². The standard InChI is InChI=1S/C26H36N2O3/c1-7-22(25(30)27-26(4,5)6)28(16-15-21-11-9-8-10-12-21)24(29)18-31-23-17-19(2)13-14-20(23)3/h8-14,17,22H,7,15-16,18H2,1-6H3,(H,27,30)/t22-/m1/s1. The van der Waals surface area contributed by atoms with Gasteiger partial charge in [0.25, 0.3) is 5.91 Å². The summed E-state index contributed by atoms with van der Waals surface area (Å²) in [5, 5.41) is 3.02. The monoisotopic (exact) mass is 424 g/mol. The summed E-state index contributed by atoms with van der Waals surface area (Å²) in [5.74, 6) is 0.374. The minimum atomic E-state index is -0.544. The molecule has 0 saturated heterocycles. The van der Waals surface area contributed by atoms with E-state index in [9.17, 15) is 9.59 Å². The highest BCUT2D eigenvalue weighted by atomic mass is 16.5. The highest BCUT2D eigenvalue weighted by Crippen LogP contribution is 2.19. The third-order valence-electron chi connectivity index (χ3n) is 5.06. The van der Waals surface area contributed by atoms with Gasteiger partial charge in [-0.05, 0) is 70.2 Å². The van der Waals surface area contributed by atoms with Gasteiger partial charge in [0.1, 0.15) is 11.8 Å². The molecule has 0 unspecified atom stereocenters. The number of nitrogens with zero attached hydrogens (tertiary/aromatic N) is 1. The van der Waals surface area contributed by atoms with Crippen LogP contribution in [-0.4, -0.2) is 41.4 Å². The van der Waals surface area contributed by atoms with Crippen LogP contribution in [0.15, 0.2) is 48.5 Å². The molecule has 31 heavy (non-hydrogen) atoms. The van der Waals surface area contributed by atoms with Crippen molar-refractivity contribution in [3.63, 3.8) is 0 Å². The largest absolute Gasteiger partial charge is 0.483 e. The van der Waals surface area contributed by atoms with Crippen LogP contribution in [-0.2, 0) is 16.0 Å². The number of carbonyl (C=O) groups is 2. The van der Waals surface area contributed by atoms with Gasteiger partial charge in [-0.25, -0.2) is 0 Å². The second-order valence-electron chi connectivity index (χ2n) is 9.04. The average Bonchev–Trinajstić information content (AvgIpc) is 2.70. The van der Waals surface area contributed by atoms with Crippen molar-refractivity contribution >= 4 is 11.8 Å². The maximum atomic E-state index is 13.2. The van der Waals surface area contributed by atoms with Gasteiger partial charge in [-0.1, -0.05) is 49.4 Å². The van der Waals surface area contributed by atoms with Crippen LogP contribution in [0.3, 0.4) is 0 Å². The zero-order chi connectivity index (χ0) is 23.0. The summed E-state index contributed by atoms with van der Waals surface area (Å²) < 4.78 is 5.86. The molecule has 0 radical (unpaired) electrons. The van der Waals surface area contributed by atoms with E-state index in [1.165, 1.54) is 0 Å². The van der Waals surface area contributed by atoms with Gasteiger partial charge in [-0.2, -0.15) is 0 Å². The fourth-order valence-electron chi connectivity index (χ4n) is 3.43. The first kappa shape index (κ1) is 24.4. The third kappa shape index (κ3) is 7.74. The van der Waals surface area contributed by atoms with E-state index in [0.717, 1.165) is 16.7 Å². The Morgan fingerprint density at radius 2 is 1.74 bits per heavy atom. The van der Waals surface area contributed by atoms with Crippen LogP contribution in [0.4, 0.5) is 0 Å². The molecule has 2 aromatic carbocycles. The van der Waals surface area contributed by atoms with Crippen molar-refractivity contribution < 1.29 is 14.3 Å². The van der Waals surface area contributed by atoms with Crippen LogP contribution in [0, 0.1) is 13.8 Å². The van der Waals surface area contributed by atoms with Crippen molar-refractivity contribution in [3.05, 3.63) is 65.2 Å². The predicted molar refractivity (Wildman–Crippen MR) is 125 cm³/mol. The molecule has 2 amide bonds. The van der Waals surface area contributed by atoms with E-state index in [-0.39, 0.29) is 24.0 Å². The lowest BCUT2D eigenvalue weighted by molar-refractivity contribution is -0.142. The highest BCUT2D eigenvalue weighted by molar-refractivity contribution is 5.88. The second kappa shape index (κ2) is 11.0. The lowest BCUT2D eigenvalue weighted by Crippen LogP contribution is -2.54. The fourth-order valence-corrected chi connectivity index (χ4v) is 3.43. The maximum Gasteiger partial charge on any atom is 0.261 e. The Bertz CT molecular complexity index is 872. The van der Waals surface area contributed by atoms with E-state index in [2.05, 4.69) is 5.32 Å². The van der Waals surface area contributed by atoms with Crippen molar-refractivity contribution in [2.45, 2.75) is 66.0 Å². The SMILES string of the molecule is CC[C@H](C(=O)NC(C)(C)C)N(CCc1ccccc1)C(=O)COc1cc(C)ccc1C. The number of aryl methyl sites for hydroxylation is 2. The number of nitrogens with one attached hydrogen (secondary N) is 1. The van der Waals surface area contributed by atoms with E-state index in [1.54, 1.807) is 4.90 Å². The Morgan fingerprint density at radius 3 is 2.35 bits per heavy atom. The Labute approximate surface area is 186 Å². The van der Waals surface area contributed by atoms with Crippen LogP contribution < -0.4 is 10.1 Å². The van der Waals surface area contributed by atoms with E-state index in [4.69, 9.17) is 4.74 Å². The van der Waals surface area contributed by atoms with Crippen molar-refractivity contribution in [2.75, 3.05) is 13.2 Å². The van der Waals surface area contributed by atoms with Crippen molar-refractivity contribution in [1.82, 2.24) is 10.2 Å². The zero-order valence-corrected chi connectivity index (χ0v) is 19.7. The smallest absolute Gasteiger partial charge is 0.261 e. The molecule has 5 heteroatoms.